The maximum absolute atomic E-state index is 13.2. The maximum atomic E-state index is 13.2. The number of hydrogen-bond donors (Lipinski definition) is 2. The Morgan fingerprint density at radius 1 is 1.53 bits per heavy atom. The zero-order valence-electron chi connectivity index (χ0n) is 10.00. The Hall–Kier alpha value is -1.13. The molecule has 0 radical (unpaired) electrons. The minimum Gasteiger partial charge on any atom is -0.352 e. The van der Waals surface area contributed by atoms with E-state index < -0.39 is 0 Å². The van der Waals surface area contributed by atoms with Crippen molar-refractivity contribution in [2.45, 2.75) is 13.8 Å². The molecular formula is C12H18ClFN2O. The molecule has 0 saturated carbocycles. The second kappa shape index (κ2) is 7.25. The van der Waals surface area contributed by atoms with E-state index in [2.05, 4.69) is 5.32 Å². The van der Waals surface area contributed by atoms with Crippen LogP contribution in [0, 0.1) is 18.7 Å². The van der Waals surface area contributed by atoms with Crippen LogP contribution in [-0.4, -0.2) is 19.0 Å². The van der Waals surface area contributed by atoms with Crippen molar-refractivity contribution < 1.29 is 9.18 Å². The van der Waals surface area contributed by atoms with Gasteiger partial charge in [-0.25, -0.2) is 4.39 Å². The fourth-order valence-corrected chi connectivity index (χ4v) is 1.19. The molecule has 1 amide bonds. The van der Waals surface area contributed by atoms with Crippen LogP contribution < -0.4 is 11.1 Å². The molecule has 0 aliphatic rings. The minimum atomic E-state index is -0.362. The van der Waals surface area contributed by atoms with Crippen LogP contribution in [0.2, 0.25) is 0 Å². The molecule has 0 aliphatic heterocycles. The average Bonchev–Trinajstić information content (AvgIpc) is 2.29. The molecular weight excluding hydrogens is 243 g/mol. The molecule has 1 aromatic rings. The number of amides is 1. The van der Waals surface area contributed by atoms with Gasteiger partial charge in [0.2, 0.25) is 0 Å². The van der Waals surface area contributed by atoms with Crippen LogP contribution >= 0.6 is 12.4 Å². The van der Waals surface area contributed by atoms with Crippen molar-refractivity contribution in [3.63, 3.8) is 0 Å². The van der Waals surface area contributed by atoms with Crippen LogP contribution in [0.1, 0.15) is 22.8 Å². The van der Waals surface area contributed by atoms with Gasteiger partial charge in [-0.1, -0.05) is 13.0 Å². The highest BCUT2D eigenvalue weighted by molar-refractivity contribution is 5.94. The Bertz CT molecular complexity index is 385. The van der Waals surface area contributed by atoms with Crippen molar-refractivity contribution in [1.29, 1.82) is 0 Å². The molecule has 1 aromatic carbocycles. The van der Waals surface area contributed by atoms with E-state index in [9.17, 15) is 9.18 Å². The number of carbonyl (C=O) groups is 1. The lowest BCUT2D eigenvalue weighted by Gasteiger charge is -2.10. The van der Waals surface area contributed by atoms with Crippen LogP contribution in [0.4, 0.5) is 4.39 Å². The van der Waals surface area contributed by atoms with E-state index in [0.29, 0.717) is 24.2 Å². The molecule has 3 N–H and O–H groups in total. The maximum Gasteiger partial charge on any atom is 0.251 e. The summed E-state index contributed by atoms with van der Waals surface area (Å²) in [7, 11) is 0. The van der Waals surface area contributed by atoms with Gasteiger partial charge in [-0.3, -0.25) is 4.79 Å². The topological polar surface area (TPSA) is 55.1 Å². The molecule has 0 spiro atoms. The van der Waals surface area contributed by atoms with Gasteiger partial charge in [0.1, 0.15) is 5.82 Å². The van der Waals surface area contributed by atoms with Crippen LogP contribution in [0.3, 0.4) is 0 Å². The zero-order valence-corrected chi connectivity index (χ0v) is 10.8. The predicted octanol–water partition coefficient (Wildman–Crippen LogP) is 1.88. The second-order valence-electron chi connectivity index (χ2n) is 4.01. The lowest BCUT2D eigenvalue weighted by molar-refractivity contribution is 0.0948. The number of carbonyl (C=O) groups excluding carboxylic acids is 1. The third-order valence-corrected chi connectivity index (χ3v) is 2.45. The van der Waals surface area contributed by atoms with Crippen LogP contribution in [0.25, 0.3) is 0 Å². The van der Waals surface area contributed by atoms with E-state index in [1.807, 2.05) is 6.92 Å². The van der Waals surface area contributed by atoms with Gasteiger partial charge in [-0.05, 0) is 37.1 Å². The Labute approximate surface area is 107 Å². The quantitative estimate of drug-likeness (QED) is 0.869. The first-order chi connectivity index (χ1) is 7.54. The van der Waals surface area contributed by atoms with Crippen LogP contribution in [0.15, 0.2) is 18.2 Å². The van der Waals surface area contributed by atoms with E-state index in [1.54, 1.807) is 19.1 Å². The van der Waals surface area contributed by atoms with E-state index in [4.69, 9.17) is 5.73 Å². The lowest BCUT2D eigenvalue weighted by Crippen LogP contribution is -2.31. The molecule has 0 bridgehead atoms. The van der Waals surface area contributed by atoms with E-state index in [-0.39, 0.29) is 30.0 Å². The fraction of sp³-hybridized carbons (Fsp3) is 0.417. The van der Waals surface area contributed by atoms with Gasteiger partial charge in [0, 0.05) is 12.1 Å². The molecule has 1 rings (SSSR count). The summed E-state index contributed by atoms with van der Waals surface area (Å²) in [6.07, 6.45) is 0. The van der Waals surface area contributed by atoms with Gasteiger partial charge in [0.15, 0.2) is 0 Å². The van der Waals surface area contributed by atoms with Gasteiger partial charge in [-0.2, -0.15) is 0 Å². The number of hydrogen-bond acceptors (Lipinski definition) is 2. The summed E-state index contributed by atoms with van der Waals surface area (Å²) in [4.78, 5) is 11.6. The highest BCUT2D eigenvalue weighted by Crippen LogP contribution is 2.09. The summed E-state index contributed by atoms with van der Waals surface area (Å²) in [6, 6.07) is 4.45. The van der Waals surface area contributed by atoms with Crippen molar-refractivity contribution in [2.24, 2.45) is 11.7 Å². The molecule has 0 saturated heterocycles. The normalized spacial score (nSPS) is 11.5. The Morgan fingerprint density at radius 2 is 2.18 bits per heavy atom. The van der Waals surface area contributed by atoms with Crippen molar-refractivity contribution in [3.05, 3.63) is 35.1 Å². The van der Waals surface area contributed by atoms with E-state index >= 15 is 0 Å². The fourth-order valence-electron chi connectivity index (χ4n) is 1.19. The van der Waals surface area contributed by atoms with Crippen LogP contribution in [-0.2, 0) is 0 Å². The summed E-state index contributed by atoms with van der Waals surface area (Å²) >= 11 is 0. The Balaban J connectivity index is 0.00000256. The molecule has 5 heteroatoms. The molecule has 1 unspecified atom stereocenters. The molecule has 0 heterocycles. The standard InChI is InChI=1S/C12H17FN2O.ClH/c1-8(6-14)7-15-12(16)10-4-3-9(2)11(13)5-10;/h3-5,8H,6-7,14H2,1-2H3,(H,15,16);1H. The number of rotatable bonds is 4. The number of nitrogens with two attached hydrogens (primary N) is 1. The number of benzene rings is 1. The number of aryl methyl sites for hydroxylation is 1. The zero-order chi connectivity index (χ0) is 12.1. The monoisotopic (exact) mass is 260 g/mol. The van der Waals surface area contributed by atoms with E-state index in [1.165, 1.54) is 6.07 Å². The molecule has 0 aromatic heterocycles. The first-order valence-corrected chi connectivity index (χ1v) is 5.29. The number of halogens is 2. The Morgan fingerprint density at radius 3 is 2.71 bits per heavy atom. The van der Waals surface area contributed by atoms with Crippen molar-refractivity contribution in [3.8, 4) is 0 Å². The summed E-state index contributed by atoms with van der Waals surface area (Å²) in [5.74, 6) is -0.405. The molecule has 0 fully saturated rings. The second-order valence-corrected chi connectivity index (χ2v) is 4.01. The van der Waals surface area contributed by atoms with Gasteiger partial charge >= 0.3 is 0 Å². The van der Waals surface area contributed by atoms with Gasteiger partial charge in [-0.15, -0.1) is 12.4 Å². The third-order valence-electron chi connectivity index (χ3n) is 2.45. The van der Waals surface area contributed by atoms with Gasteiger partial charge in [0.25, 0.3) is 5.91 Å². The first kappa shape index (κ1) is 15.9. The predicted molar refractivity (Wildman–Crippen MR) is 68.9 cm³/mol. The molecule has 96 valence electrons. The van der Waals surface area contributed by atoms with Crippen molar-refractivity contribution in [1.82, 2.24) is 5.32 Å². The van der Waals surface area contributed by atoms with Gasteiger partial charge < -0.3 is 11.1 Å². The first-order valence-electron chi connectivity index (χ1n) is 5.29. The highest BCUT2D eigenvalue weighted by atomic mass is 35.5. The number of nitrogens with one attached hydrogen (secondary N) is 1. The summed E-state index contributed by atoms with van der Waals surface area (Å²) in [5.41, 5.74) is 6.30. The van der Waals surface area contributed by atoms with Gasteiger partial charge in [0.05, 0.1) is 0 Å². The molecule has 0 aliphatic carbocycles. The third kappa shape index (κ3) is 4.71. The highest BCUT2D eigenvalue weighted by Gasteiger charge is 2.08. The summed E-state index contributed by atoms with van der Waals surface area (Å²) in [5, 5.41) is 2.71. The summed E-state index contributed by atoms with van der Waals surface area (Å²) in [6.45, 7) is 4.62. The van der Waals surface area contributed by atoms with Crippen molar-refractivity contribution in [2.75, 3.05) is 13.1 Å². The smallest absolute Gasteiger partial charge is 0.251 e. The summed E-state index contributed by atoms with van der Waals surface area (Å²) < 4.78 is 13.2. The Kier molecular flexibility index (Phi) is 6.76. The lowest BCUT2D eigenvalue weighted by atomic mass is 10.1. The SMILES string of the molecule is Cc1ccc(C(=O)NCC(C)CN)cc1F.Cl. The average molecular weight is 261 g/mol. The largest absolute Gasteiger partial charge is 0.352 e. The van der Waals surface area contributed by atoms with Crippen molar-refractivity contribution >= 4 is 18.3 Å². The molecule has 17 heavy (non-hydrogen) atoms. The molecule has 3 nitrogen and oxygen atoms in total. The minimum absolute atomic E-state index is 0. The van der Waals surface area contributed by atoms with E-state index in [0.717, 1.165) is 0 Å². The molecule has 1 atom stereocenters. The van der Waals surface area contributed by atoms with Crippen LogP contribution in [0.5, 0.6) is 0 Å².